The Morgan fingerprint density at radius 1 is 1.37 bits per heavy atom. The van der Waals surface area contributed by atoms with Gasteiger partial charge < -0.3 is 4.98 Å². The maximum atomic E-state index is 12.2. The predicted octanol–water partition coefficient (Wildman–Crippen LogP) is 2.50. The number of aryl methyl sites for hydroxylation is 1. The van der Waals surface area contributed by atoms with Gasteiger partial charge in [-0.2, -0.15) is 0 Å². The second kappa shape index (κ2) is 5.37. The summed E-state index contributed by atoms with van der Waals surface area (Å²) in [6.07, 6.45) is 0. The highest BCUT2D eigenvalue weighted by atomic mass is 35.5. The standard InChI is InChI=1S/C10H11ClN2O3S3/c1-5(7-3-4-8(11)17-7)13-19(15,16)9-6(2)12-10(14)18-9/h3-5,13H,1-2H3,(H,12,14). The van der Waals surface area contributed by atoms with E-state index in [1.165, 1.54) is 11.3 Å². The fourth-order valence-corrected chi connectivity index (χ4v) is 5.23. The molecule has 1 unspecified atom stereocenters. The van der Waals surface area contributed by atoms with Crippen molar-refractivity contribution in [2.75, 3.05) is 0 Å². The van der Waals surface area contributed by atoms with Gasteiger partial charge >= 0.3 is 4.87 Å². The zero-order valence-electron chi connectivity index (χ0n) is 10.1. The molecular weight excluding hydrogens is 328 g/mol. The Labute approximate surface area is 123 Å². The minimum atomic E-state index is -3.71. The number of aromatic amines is 1. The number of thiophene rings is 1. The summed E-state index contributed by atoms with van der Waals surface area (Å²) in [6, 6.07) is 3.08. The van der Waals surface area contributed by atoms with Crippen LogP contribution in [-0.2, 0) is 10.0 Å². The highest BCUT2D eigenvalue weighted by Crippen LogP contribution is 2.28. The van der Waals surface area contributed by atoms with E-state index in [0.29, 0.717) is 21.4 Å². The molecule has 104 valence electrons. The lowest BCUT2D eigenvalue weighted by Crippen LogP contribution is -2.26. The zero-order chi connectivity index (χ0) is 14.2. The molecule has 0 fully saturated rings. The van der Waals surface area contributed by atoms with Gasteiger partial charge in [0.1, 0.15) is 0 Å². The van der Waals surface area contributed by atoms with E-state index in [1.54, 1.807) is 26.0 Å². The molecule has 0 aliphatic rings. The fourth-order valence-electron chi connectivity index (χ4n) is 1.55. The topological polar surface area (TPSA) is 79.0 Å². The van der Waals surface area contributed by atoms with Crippen LogP contribution >= 0.6 is 34.3 Å². The Morgan fingerprint density at radius 2 is 2.05 bits per heavy atom. The highest BCUT2D eigenvalue weighted by molar-refractivity contribution is 7.91. The lowest BCUT2D eigenvalue weighted by atomic mass is 10.3. The molecule has 0 amide bonds. The van der Waals surface area contributed by atoms with Crippen molar-refractivity contribution in [3.8, 4) is 0 Å². The summed E-state index contributed by atoms with van der Waals surface area (Å²) in [5.74, 6) is 0. The van der Waals surface area contributed by atoms with Crippen LogP contribution in [0.5, 0.6) is 0 Å². The maximum absolute atomic E-state index is 12.2. The lowest BCUT2D eigenvalue weighted by molar-refractivity contribution is 0.570. The quantitative estimate of drug-likeness (QED) is 0.899. The first-order valence-electron chi connectivity index (χ1n) is 5.27. The van der Waals surface area contributed by atoms with Gasteiger partial charge in [-0.1, -0.05) is 22.9 Å². The average Bonchev–Trinajstić information content (AvgIpc) is 2.84. The molecule has 0 spiro atoms. The number of nitrogens with one attached hydrogen (secondary N) is 2. The van der Waals surface area contributed by atoms with E-state index in [4.69, 9.17) is 11.6 Å². The smallest absolute Gasteiger partial charge is 0.305 e. The highest BCUT2D eigenvalue weighted by Gasteiger charge is 2.23. The van der Waals surface area contributed by atoms with Gasteiger partial charge in [0.2, 0.25) is 0 Å². The van der Waals surface area contributed by atoms with Crippen LogP contribution in [-0.4, -0.2) is 13.4 Å². The van der Waals surface area contributed by atoms with E-state index in [2.05, 4.69) is 9.71 Å². The van der Waals surface area contributed by atoms with Crippen LogP contribution in [0.3, 0.4) is 0 Å². The zero-order valence-corrected chi connectivity index (χ0v) is 13.3. The number of H-pyrrole nitrogens is 1. The second-order valence-electron chi connectivity index (χ2n) is 3.91. The van der Waals surface area contributed by atoms with Crippen LogP contribution in [0.15, 0.2) is 21.1 Å². The SMILES string of the molecule is Cc1[nH]c(=O)sc1S(=O)(=O)NC(C)c1ccc(Cl)s1. The summed E-state index contributed by atoms with van der Waals surface area (Å²) in [5.41, 5.74) is 0.346. The van der Waals surface area contributed by atoms with Gasteiger partial charge in [-0.25, -0.2) is 13.1 Å². The van der Waals surface area contributed by atoms with Crippen molar-refractivity contribution in [3.05, 3.63) is 36.7 Å². The van der Waals surface area contributed by atoms with Crippen molar-refractivity contribution in [1.82, 2.24) is 9.71 Å². The van der Waals surface area contributed by atoms with Crippen molar-refractivity contribution in [3.63, 3.8) is 0 Å². The molecule has 2 rings (SSSR count). The van der Waals surface area contributed by atoms with Crippen molar-refractivity contribution in [2.24, 2.45) is 0 Å². The molecule has 0 aromatic carbocycles. The minimum Gasteiger partial charge on any atom is -0.315 e. The first-order chi connectivity index (χ1) is 8.79. The average molecular weight is 339 g/mol. The summed E-state index contributed by atoms with van der Waals surface area (Å²) in [7, 11) is -3.71. The van der Waals surface area contributed by atoms with Gasteiger partial charge in [0.15, 0.2) is 4.21 Å². The maximum Gasteiger partial charge on any atom is 0.305 e. The van der Waals surface area contributed by atoms with E-state index >= 15 is 0 Å². The fraction of sp³-hybridized carbons (Fsp3) is 0.300. The molecular formula is C10H11ClN2O3S3. The molecule has 1 atom stereocenters. The van der Waals surface area contributed by atoms with Crippen LogP contribution in [0.25, 0.3) is 0 Å². The number of halogens is 1. The number of rotatable bonds is 4. The van der Waals surface area contributed by atoms with Crippen molar-refractivity contribution in [2.45, 2.75) is 24.1 Å². The van der Waals surface area contributed by atoms with Crippen LogP contribution in [0, 0.1) is 6.92 Å². The van der Waals surface area contributed by atoms with Crippen LogP contribution in [0.4, 0.5) is 0 Å². The molecule has 2 aromatic rings. The number of thiazole rings is 1. The van der Waals surface area contributed by atoms with Gasteiger partial charge in [-0.3, -0.25) is 4.79 Å². The van der Waals surface area contributed by atoms with Gasteiger partial charge in [0, 0.05) is 10.6 Å². The molecule has 0 radical (unpaired) electrons. The van der Waals surface area contributed by atoms with E-state index in [0.717, 1.165) is 4.88 Å². The normalized spacial score (nSPS) is 13.6. The molecule has 0 bridgehead atoms. The van der Waals surface area contributed by atoms with E-state index in [1.807, 2.05) is 0 Å². The molecule has 0 aliphatic heterocycles. The summed E-state index contributed by atoms with van der Waals surface area (Å²) in [6.45, 7) is 3.28. The molecule has 19 heavy (non-hydrogen) atoms. The summed E-state index contributed by atoms with van der Waals surface area (Å²) in [5, 5.41) is 0. The number of sulfonamides is 1. The molecule has 0 saturated heterocycles. The first-order valence-corrected chi connectivity index (χ1v) is 8.76. The van der Waals surface area contributed by atoms with Gasteiger partial charge in [-0.05, 0) is 26.0 Å². The minimum absolute atomic E-state index is 0.0204. The molecule has 2 aromatic heterocycles. The Morgan fingerprint density at radius 3 is 2.53 bits per heavy atom. The third-order valence-electron chi connectivity index (χ3n) is 2.38. The van der Waals surface area contributed by atoms with Gasteiger partial charge in [-0.15, -0.1) is 11.3 Å². The second-order valence-corrected chi connectivity index (χ2v) is 8.55. The number of hydrogen-bond acceptors (Lipinski definition) is 5. The largest absolute Gasteiger partial charge is 0.315 e. The van der Waals surface area contributed by atoms with Crippen molar-refractivity contribution < 1.29 is 8.42 Å². The van der Waals surface area contributed by atoms with Gasteiger partial charge in [0.25, 0.3) is 10.0 Å². The Bertz CT molecular complexity index is 744. The van der Waals surface area contributed by atoms with Crippen molar-refractivity contribution in [1.29, 1.82) is 0 Å². The molecule has 2 heterocycles. The molecule has 9 heteroatoms. The van der Waals surface area contributed by atoms with Crippen LogP contribution in [0.2, 0.25) is 4.34 Å². The summed E-state index contributed by atoms with van der Waals surface area (Å²) in [4.78, 5) is 14.1. The van der Waals surface area contributed by atoms with E-state index in [9.17, 15) is 13.2 Å². The van der Waals surface area contributed by atoms with E-state index < -0.39 is 16.1 Å². The Kier molecular flexibility index (Phi) is 4.17. The molecule has 0 saturated carbocycles. The molecule has 2 N–H and O–H groups in total. The molecule has 0 aliphatic carbocycles. The third kappa shape index (κ3) is 3.26. The number of aromatic nitrogens is 1. The lowest BCUT2D eigenvalue weighted by Gasteiger charge is -2.11. The van der Waals surface area contributed by atoms with Crippen molar-refractivity contribution >= 4 is 44.3 Å². The monoisotopic (exact) mass is 338 g/mol. The Hall–Kier alpha value is -0.670. The summed E-state index contributed by atoms with van der Waals surface area (Å²) < 4.78 is 27.5. The summed E-state index contributed by atoms with van der Waals surface area (Å²) >= 11 is 7.81. The Balaban J connectivity index is 2.27. The molecule has 5 nitrogen and oxygen atoms in total. The van der Waals surface area contributed by atoms with Crippen LogP contribution in [0.1, 0.15) is 23.5 Å². The predicted molar refractivity (Wildman–Crippen MR) is 77.7 cm³/mol. The van der Waals surface area contributed by atoms with E-state index in [-0.39, 0.29) is 9.08 Å². The third-order valence-corrected chi connectivity index (χ3v) is 6.94. The van der Waals surface area contributed by atoms with Gasteiger partial charge in [0.05, 0.1) is 10.4 Å². The number of hydrogen-bond donors (Lipinski definition) is 2. The first kappa shape index (κ1) is 14.7. The van der Waals surface area contributed by atoms with Crippen LogP contribution < -0.4 is 9.60 Å².